The van der Waals surface area contributed by atoms with Crippen molar-refractivity contribution in [3.8, 4) is 0 Å². The van der Waals surface area contributed by atoms with E-state index in [2.05, 4.69) is 19.1 Å². The van der Waals surface area contributed by atoms with Crippen LogP contribution in [0.2, 0.25) is 0 Å². The van der Waals surface area contributed by atoms with E-state index in [1.807, 2.05) is 0 Å². The molecule has 0 amide bonds. The van der Waals surface area contributed by atoms with Gasteiger partial charge < -0.3 is 9.47 Å². The molecular weight excluding hydrogens is 332 g/mol. The Morgan fingerprint density at radius 1 is 1.19 bits per heavy atom. The van der Waals surface area contributed by atoms with Crippen LogP contribution in [0.5, 0.6) is 0 Å². The molecule has 5 fully saturated rings. The third-order valence-corrected chi connectivity index (χ3v) is 7.97. The fraction of sp³-hybridized carbons (Fsp3) is 0.762. The van der Waals surface area contributed by atoms with Crippen molar-refractivity contribution in [1.29, 1.82) is 0 Å². The van der Waals surface area contributed by atoms with Crippen LogP contribution in [-0.4, -0.2) is 29.9 Å². The van der Waals surface area contributed by atoms with E-state index in [4.69, 9.17) is 9.47 Å². The Kier molecular flexibility index (Phi) is 3.45. The molecule has 0 aromatic heterocycles. The predicted molar refractivity (Wildman–Crippen MR) is 91.7 cm³/mol. The van der Waals surface area contributed by atoms with Gasteiger partial charge in [0.25, 0.3) is 0 Å². The van der Waals surface area contributed by atoms with Crippen LogP contribution < -0.4 is 0 Å². The molecule has 6 aliphatic rings. The standard InChI is InChI=1S/C21H26O5/c1-10-5-16-15(19(10)25-11(2)22)4-3-12-6-13-7-14-8-18(23)21(13,9-17(12)16)20(24)26-14/h3-4,10,12-17,19H,5-9H2,1-2H3/t10-,12+,13?,14+,15-,16-,17-,19-,21-/m1/s1. The van der Waals surface area contributed by atoms with Crippen molar-refractivity contribution in [3.05, 3.63) is 12.2 Å². The monoisotopic (exact) mass is 358 g/mol. The van der Waals surface area contributed by atoms with Crippen molar-refractivity contribution in [2.45, 2.75) is 58.2 Å². The first-order chi connectivity index (χ1) is 12.4. The highest BCUT2D eigenvalue weighted by atomic mass is 16.6. The van der Waals surface area contributed by atoms with Crippen LogP contribution >= 0.6 is 0 Å². The van der Waals surface area contributed by atoms with E-state index in [0.29, 0.717) is 36.5 Å². The van der Waals surface area contributed by atoms with Gasteiger partial charge in [0, 0.05) is 19.3 Å². The molecule has 1 spiro atoms. The molecule has 2 heterocycles. The Labute approximate surface area is 153 Å². The first kappa shape index (κ1) is 16.5. The molecule has 2 bridgehead atoms. The van der Waals surface area contributed by atoms with Crippen molar-refractivity contribution < 1.29 is 23.9 Å². The maximum Gasteiger partial charge on any atom is 0.320 e. The quantitative estimate of drug-likeness (QED) is 0.409. The highest BCUT2D eigenvalue weighted by molar-refractivity contribution is 6.07. The van der Waals surface area contributed by atoms with Gasteiger partial charge in [0.1, 0.15) is 17.6 Å². The molecule has 1 unspecified atom stereocenters. The summed E-state index contributed by atoms with van der Waals surface area (Å²) in [6.07, 6.45) is 8.01. The number of allylic oxidation sites excluding steroid dienone is 1. The molecule has 2 aliphatic heterocycles. The molecule has 0 radical (unpaired) electrons. The van der Waals surface area contributed by atoms with Crippen LogP contribution in [0.1, 0.15) is 46.0 Å². The average molecular weight is 358 g/mol. The number of Topliss-reactive ketones (excluding diaryl/α,β-unsaturated/α-hetero) is 1. The number of fused-ring (bicyclic) bond motifs is 5. The van der Waals surface area contributed by atoms with Crippen LogP contribution in [0.3, 0.4) is 0 Å². The van der Waals surface area contributed by atoms with Crippen LogP contribution in [-0.2, 0) is 23.9 Å². The molecular formula is C21H26O5. The first-order valence-electron chi connectivity index (χ1n) is 10.00. The summed E-state index contributed by atoms with van der Waals surface area (Å²) < 4.78 is 11.2. The van der Waals surface area contributed by atoms with E-state index in [1.54, 1.807) is 0 Å². The molecule has 2 saturated heterocycles. The van der Waals surface area contributed by atoms with Crippen LogP contribution in [0.25, 0.3) is 0 Å². The lowest BCUT2D eigenvalue weighted by Gasteiger charge is -2.56. The summed E-state index contributed by atoms with van der Waals surface area (Å²) in [5.41, 5.74) is -0.894. The van der Waals surface area contributed by atoms with Gasteiger partial charge in [-0.2, -0.15) is 0 Å². The number of esters is 2. The normalized spacial score (nSPS) is 51.3. The lowest BCUT2D eigenvalue weighted by molar-refractivity contribution is -0.202. The Morgan fingerprint density at radius 2 is 2.00 bits per heavy atom. The molecule has 9 atom stereocenters. The van der Waals surface area contributed by atoms with Gasteiger partial charge in [-0.1, -0.05) is 19.1 Å². The molecule has 140 valence electrons. The van der Waals surface area contributed by atoms with E-state index in [-0.39, 0.29) is 41.8 Å². The summed E-state index contributed by atoms with van der Waals surface area (Å²) in [6.45, 7) is 3.61. The highest BCUT2D eigenvalue weighted by Gasteiger charge is 2.66. The zero-order chi connectivity index (χ0) is 18.2. The third kappa shape index (κ3) is 2.06. The van der Waals surface area contributed by atoms with Gasteiger partial charge in [-0.15, -0.1) is 0 Å². The van der Waals surface area contributed by atoms with Crippen LogP contribution in [0.4, 0.5) is 0 Å². The number of rotatable bonds is 1. The second-order valence-electron chi connectivity index (χ2n) is 9.24. The number of ketones is 1. The Hall–Kier alpha value is -1.65. The Balaban J connectivity index is 1.48. The fourth-order valence-electron chi connectivity index (χ4n) is 6.94. The lowest BCUT2D eigenvalue weighted by Crippen LogP contribution is -2.62. The van der Waals surface area contributed by atoms with Gasteiger partial charge in [0.2, 0.25) is 0 Å². The van der Waals surface area contributed by atoms with E-state index < -0.39 is 5.41 Å². The van der Waals surface area contributed by atoms with Gasteiger partial charge in [0.05, 0.1) is 0 Å². The SMILES string of the molecule is CC(=O)O[C@H]1[C@@H]2C=C[C@H]3CC4C[C@H]5CC(=O)[C@]4(C[C@H]3[C@@H]2C[C@H]1C)C(=O)O5. The lowest BCUT2D eigenvalue weighted by atomic mass is 9.49. The summed E-state index contributed by atoms with van der Waals surface area (Å²) in [5.74, 6) is 1.37. The maximum atomic E-state index is 12.9. The second-order valence-corrected chi connectivity index (χ2v) is 9.24. The van der Waals surface area contributed by atoms with Crippen molar-refractivity contribution in [1.82, 2.24) is 0 Å². The van der Waals surface area contributed by atoms with E-state index >= 15 is 0 Å². The van der Waals surface area contributed by atoms with Gasteiger partial charge in [-0.3, -0.25) is 14.4 Å². The topological polar surface area (TPSA) is 69.7 Å². The fourth-order valence-corrected chi connectivity index (χ4v) is 6.94. The van der Waals surface area contributed by atoms with Gasteiger partial charge in [0.15, 0.2) is 5.78 Å². The van der Waals surface area contributed by atoms with Gasteiger partial charge in [-0.05, 0) is 55.3 Å². The molecule has 5 nitrogen and oxygen atoms in total. The second kappa shape index (κ2) is 5.43. The Bertz CT molecular complexity index is 691. The number of hydrogen-bond acceptors (Lipinski definition) is 5. The van der Waals surface area contributed by atoms with Crippen LogP contribution in [0.15, 0.2) is 12.2 Å². The molecule has 6 rings (SSSR count). The predicted octanol–water partition coefficient (Wildman–Crippen LogP) is 2.68. The van der Waals surface area contributed by atoms with Gasteiger partial charge >= 0.3 is 11.9 Å². The zero-order valence-corrected chi connectivity index (χ0v) is 15.4. The maximum absolute atomic E-state index is 12.9. The van der Waals surface area contributed by atoms with E-state index in [0.717, 1.165) is 19.3 Å². The van der Waals surface area contributed by atoms with Crippen molar-refractivity contribution in [3.63, 3.8) is 0 Å². The summed E-state index contributed by atoms with van der Waals surface area (Å²) in [7, 11) is 0. The molecule has 4 aliphatic carbocycles. The number of carbonyl (C=O) groups is 3. The Morgan fingerprint density at radius 3 is 2.73 bits per heavy atom. The van der Waals surface area contributed by atoms with Crippen molar-refractivity contribution in [2.75, 3.05) is 0 Å². The molecule has 0 aromatic rings. The summed E-state index contributed by atoms with van der Waals surface area (Å²) >= 11 is 0. The number of hydrogen-bond donors (Lipinski definition) is 0. The summed E-state index contributed by atoms with van der Waals surface area (Å²) in [4.78, 5) is 37.1. The summed E-state index contributed by atoms with van der Waals surface area (Å²) in [5, 5.41) is 0. The molecule has 0 aromatic carbocycles. The third-order valence-electron chi connectivity index (χ3n) is 7.97. The minimum atomic E-state index is -0.894. The first-order valence-corrected chi connectivity index (χ1v) is 10.00. The molecule has 5 heteroatoms. The molecule has 26 heavy (non-hydrogen) atoms. The highest BCUT2D eigenvalue weighted by Crippen LogP contribution is 2.61. The minimum absolute atomic E-state index is 0.0883. The summed E-state index contributed by atoms with van der Waals surface area (Å²) in [6, 6.07) is 0. The number of ether oxygens (including phenoxy) is 2. The number of carbonyl (C=O) groups excluding carboxylic acids is 3. The van der Waals surface area contributed by atoms with E-state index in [1.165, 1.54) is 6.92 Å². The largest absolute Gasteiger partial charge is 0.462 e. The van der Waals surface area contributed by atoms with Crippen molar-refractivity contribution in [2.24, 2.45) is 40.9 Å². The van der Waals surface area contributed by atoms with Crippen LogP contribution in [0, 0.1) is 40.9 Å². The smallest absolute Gasteiger partial charge is 0.320 e. The zero-order valence-electron chi connectivity index (χ0n) is 15.4. The van der Waals surface area contributed by atoms with Crippen molar-refractivity contribution >= 4 is 17.7 Å². The minimum Gasteiger partial charge on any atom is -0.462 e. The molecule has 3 saturated carbocycles. The van der Waals surface area contributed by atoms with E-state index in [9.17, 15) is 14.4 Å². The van der Waals surface area contributed by atoms with Gasteiger partial charge in [-0.25, -0.2) is 0 Å². The average Bonchev–Trinajstić information content (AvgIpc) is 2.88. The molecule has 0 N–H and O–H groups in total.